The quantitative estimate of drug-likeness (QED) is 0.676. The zero-order valence-electron chi connectivity index (χ0n) is 14.1. The summed E-state index contributed by atoms with van der Waals surface area (Å²) in [5.74, 6) is 1.09. The summed E-state index contributed by atoms with van der Waals surface area (Å²) in [7, 11) is 0. The van der Waals surface area contributed by atoms with E-state index in [0.717, 1.165) is 29.0 Å². The lowest BCUT2D eigenvalue weighted by atomic mass is 9.84. The zero-order valence-corrected chi connectivity index (χ0v) is 16.5. The highest BCUT2D eigenvalue weighted by Gasteiger charge is 2.35. The van der Waals surface area contributed by atoms with Gasteiger partial charge in [-0.3, -0.25) is 4.79 Å². The molecule has 5 heterocycles. The number of carbonyl (C=O) groups excluding carboxylic acids is 1. The second kappa shape index (κ2) is 6.48. The van der Waals surface area contributed by atoms with Gasteiger partial charge in [-0.15, -0.1) is 11.3 Å². The van der Waals surface area contributed by atoms with Crippen LogP contribution in [0.2, 0.25) is 0 Å². The van der Waals surface area contributed by atoms with Crippen molar-refractivity contribution in [1.29, 1.82) is 0 Å². The average Bonchev–Trinajstić information content (AvgIpc) is 3.27. The van der Waals surface area contributed by atoms with Crippen molar-refractivity contribution in [1.82, 2.24) is 15.2 Å². The zero-order chi connectivity index (χ0) is 17.7. The van der Waals surface area contributed by atoms with E-state index in [1.807, 2.05) is 29.6 Å². The number of nitrogens with one attached hydrogen (secondary N) is 1. The molecule has 0 aliphatic carbocycles. The lowest BCUT2D eigenvalue weighted by molar-refractivity contribution is 0.0621. The molecule has 3 fully saturated rings. The van der Waals surface area contributed by atoms with Crippen molar-refractivity contribution in [3.05, 3.63) is 39.7 Å². The lowest BCUT2D eigenvalue weighted by Crippen LogP contribution is -2.57. The fourth-order valence-corrected chi connectivity index (χ4v) is 5.52. The van der Waals surface area contributed by atoms with Crippen LogP contribution in [0.4, 0.5) is 0 Å². The SMILES string of the molecule is O=C(N[C@@H]1CN2CCC1CC2)c1cccc2oc(-c3sccc3Br)nc12. The molecular weight excluding hydrogens is 414 g/mol. The molecule has 1 amide bonds. The Morgan fingerprint density at radius 2 is 2.15 bits per heavy atom. The van der Waals surface area contributed by atoms with Gasteiger partial charge in [-0.05, 0) is 71.4 Å². The Bertz CT molecular complexity index is 974. The van der Waals surface area contributed by atoms with Crippen LogP contribution in [0.15, 0.2) is 38.5 Å². The maximum atomic E-state index is 12.9. The Hall–Kier alpha value is -1.70. The molecule has 3 saturated heterocycles. The van der Waals surface area contributed by atoms with Gasteiger partial charge >= 0.3 is 0 Å². The first-order valence-corrected chi connectivity index (χ1v) is 10.5. The van der Waals surface area contributed by atoms with E-state index >= 15 is 0 Å². The minimum atomic E-state index is -0.0561. The summed E-state index contributed by atoms with van der Waals surface area (Å²) in [6.45, 7) is 3.28. The van der Waals surface area contributed by atoms with E-state index < -0.39 is 0 Å². The normalized spacial score (nSPS) is 24.9. The highest BCUT2D eigenvalue weighted by atomic mass is 79.9. The van der Waals surface area contributed by atoms with Crippen molar-refractivity contribution in [2.75, 3.05) is 19.6 Å². The van der Waals surface area contributed by atoms with Crippen molar-refractivity contribution in [2.45, 2.75) is 18.9 Å². The summed E-state index contributed by atoms with van der Waals surface area (Å²) >= 11 is 5.08. The Morgan fingerprint density at radius 3 is 2.85 bits per heavy atom. The van der Waals surface area contributed by atoms with Crippen LogP contribution in [0.5, 0.6) is 0 Å². The second-order valence-electron chi connectivity index (χ2n) is 6.99. The number of rotatable bonds is 3. The standard InChI is InChI=1S/C19H18BrN3O2S/c20-13-6-9-26-17(13)19-22-16-12(2-1-3-15(16)25-19)18(24)21-14-10-23-7-4-11(14)5-8-23/h1-3,6,9,11,14H,4-5,7-8,10H2,(H,21,24)/t14-/m1/s1. The van der Waals surface area contributed by atoms with E-state index in [2.05, 4.69) is 31.1 Å². The number of nitrogens with zero attached hydrogens (tertiary/aromatic N) is 2. The van der Waals surface area contributed by atoms with Gasteiger partial charge < -0.3 is 14.6 Å². The molecule has 2 aromatic heterocycles. The Morgan fingerprint density at radius 1 is 1.31 bits per heavy atom. The summed E-state index contributed by atoms with van der Waals surface area (Å²) in [5.41, 5.74) is 1.85. The number of carbonyl (C=O) groups is 1. The predicted octanol–water partition coefficient (Wildman–Crippen LogP) is 4.14. The maximum absolute atomic E-state index is 12.9. The highest BCUT2D eigenvalue weighted by Crippen LogP contribution is 2.35. The topological polar surface area (TPSA) is 58.4 Å². The van der Waals surface area contributed by atoms with Gasteiger partial charge in [-0.25, -0.2) is 4.98 Å². The summed E-state index contributed by atoms with van der Waals surface area (Å²) in [6, 6.07) is 7.74. The van der Waals surface area contributed by atoms with Crippen LogP contribution in [0.3, 0.4) is 0 Å². The number of benzene rings is 1. The van der Waals surface area contributed by atoms with Crippen molar-refractivity contribution >= 4 is 44.3 Å². The fourth-order valence-electron chi connectivity index (χ4n) is 4.05. The molecule has 5 nitrogen and oxygen atoms in total. The van der Waals surface area contributed by atoms with Gasteiger partial charge in [0.2, 0.25) is 5.89 Å². The number of halogens is 1. The van der Waals surface area contributed by atoms with Gasteiger partial charge in [0.15, 0.2) is 5.58 Å². The van der Waals surface area contributed by atoms with Gasteiger partial charge in [0.1, 0.15) is 10.4 Å². The maximum Gasteiger partial charge on any atom is 0.253 e. The number of oxazole rings is 1. The third-order valence-electron chi connectivity index (χ3n) is 5.45. The first kappa shape index (κ1) is 16.5. The van der Waals surface area contributed by atoms with Gasteiger partial charge in [0.05, 0.1) is 5.56 Å². The fraction of sp³-hybridized carbons (Fsp3) is 0.368. The first-order valence-electron chi connectivity index (χ1n) is 8.85. The third kappa shape index (κ3) is 2.78. The van der Waals surface area contributed by atoms with Crippen LogP contribution in [-0.2, 0) is 0 Å². The minimum absolute atomic E-state index is 0.0561. The monoisotopic (exact) mass is 431 g/mol. The molecule has 0 saturated carbocycles. The average molecular weight is 432 g/mol. The van der Waals surface area contributed by atoms with E-state index in [-0.39, 0.29) is 11.9 Å². The molecule has 1 atom stereocenters. The molecule has 1 N–H and O–H groups in total. The van der Waals surface area contributed by atoms with Crippen molar-refractivity contribution in [2.24, 2.45) is 5.92 Å². The molecule has 2 bridgehead atoms. The predicted molar refractivity (Wildman–Crippen MR) is 105 cm³/mol. The van der Waals surface area contributed by atoms with Crippen LogP contribution in [0.1, 0.15) is 23.2 Å². The Balaban J connectivity index is 1.46. The van der Waals surface area contributed by atoms with E-state index in [1.165, 1.54) is 12.8 Å². The van der Waals surface area contributed by atoms with Crippen LogP contribution < -0.4 is 5.32 Å². The number of para-hydroxylation sites is 1. The lowest BCUT2D eigenvalue weighted by Gasteiger charge is -2.44. The summed E-state index contributed by atoms with van der Waals surface area (Å²) in [6.07, 6.45) is 2.35. The number of thiophene rings is 1. The summed E-state index contributed by atoms with van der Waals surface area (Å²) in [4.78, 5) is 20.9. The van der Waals surface area contributed by atoms with E-state index in [1.54, 1.807) is 11.3 Å². The number of hydrogen-bond donors (Lipinski definition) is 1. The molecular formula is C19H18BrN3O2S. The molecule has 7 heteroatoms. The van der Waals surface area contributed by atoms with Crippen molar-refractivity contribution in [3.8, 4) is 10.8 Å². The first-order chi connectivity index (χ1) is 12.7. The largest absolute Gasteiger partial charge is 0.435 e. The number of hydrogen-bond acceptors (Lipinski definition) is 5. The molecule has 0 spiro atoms. The van der Waals surface area contributed by atoms with Gasteiger partial charge in [0, 0.05) is 17.1 Å². The molecule has 3 aliphatic rings. The Kier molecular flexibility index (Phi) is 4.10. The smallest absolute Gasteiger partial charge is 0.253 e. The minimum Gasteiger partial charge on any atom is -0.435 e. The van der Waals surface area contributed by atoms with Crippen molar-refractivity contribution in [3.63, 3.8) is 0 Å². The molecule has 134 valence electrons. The van der Waals surface area contributed by atoms with Crippen LogP contribution in [0.25, 0.3) is 21.9 Å². The molecule has 0 unspecified atom stereocenters. The van der Waals surface area contributed by atoms with Crippen molar-refractivity contribution < 1.29 is 9.21 Å². The molecule has 26 heavy (non-hydrogen) atoms. The third-order valence-corrected chi connectivity index (χ3v) is 7.27. The van der Waals surface area contributed by atoms with Gasteiger partial charge in [-0.1, -0.05) is 6.07 Å². The molecule has 3 aliphatic heterocycles. The second-order valence-corrected chi connectivity index (χ2v) is 8.76. The Labute approximate surface area is 163 Å². The van der Waals surface area contributed by atoms with Crippen LogP contribution in [0, 0.1) is 5.92 Å². The summed E-state index contributed by atoms with van der Waals surface area (Å²) < 4.78 is 6.86. The highest BCUT2D eigenvalue weighted by molar-refractivity contribution is 9.10. The van der Waals surface area contributed by atoms with E-state index in [0.29, 0.717) is 28.5 Å². The molecule has 0 radical (unpaired) electrons. The summed E-state index contributed by atoms with van der Waals surface area (Å²) in [5, 5.41) is 5.23. The molecule has 1 aromatic carbocycles. The number of amides is 1. The van der Waals surface area contributed by atoms with E-state index in [4.69, 9.17) is 4.42 Å². The molecule has 3 aromatic rings. The van der Waals surface area contributed by atoms with Gasteiger partial charge in [0.25, 0.3) is 5.91 Å². The van der Waals surface area contributed by atoms with Crippen LogP contribution in [-0.4, -0.2) is 41.5 Å². The van der Waals surface area contributed by atoms with E-state index in [9.17, 15) is 4.79 Å². The number of piperidine rings is 3. The number of fused-ring (bicyclic) bond motifs is 4. The van der Waals surface area contributed by atoms with Gasteiger partial charge in [-0.2, -0.15) is 0 Å². The number of aromatic nitrogens is 1. The van der Waals surface area contributed by atoms with Crippen LogP contribution >= 0.6 is 27.3 Å². The molecule has 6 rings (SSSR count).